The molecule has 0 saturated heterocycles. The lowest BCUT2D eigenvalue weighted by molar-refractivity contribution is -0.118. The number of hydrogen-bond donors (Lipinski definition) is 2. The minimum absolute atomic E-state index is 0.0127. The number of nitrogens with one attached hydrogen (secondary N) is 2. The molecule has 0 unspecified atom stereocenters. The molecule has 2 heterocycles. The molecular formula is C13H17N5OS. The summed E-state index contributed by atoms with van der Waals surface area (Å²) in [7, 11) is 0. The zero-order chi connectivity index (χ0) is 14.4. The topological polar surface area (TPSA) is 83.6 Å². The molecule has 2 aromatic heterocycles. The highest BCUT2D eigenvalue weighted by molar-refractivity contribution is 7.99. The van der Waals surface area contributed by atoms with Crippen LogP contribution in [-0.2, 0) is 11.2 Å². The molecule has 0 fully saturated rings. The Bertz CT molecular complexity index is 550. The second-order valence-electron chi connectivity index (χ2n) is 4.33. The third-order valence-corrected chi connectivity index (χ3v) is 3.73. The van der Waals surface area contributed by atoms with Gasteiger partial charge in [-0.3, -0.25) is 9.89 Å². The predicted molar refractivity (Wildman–Crippen MR) is 77.5 cm³/mol. The molecule has 0 bridgehead atoms. The van der Waals surface area contributed by atoms with E-state index >= 15 is 0 Å². The Labute approximate surface area is 121 Å². The summed E-state index contributed by atoms with van der Waals surface area (Å²) in [5, 5.41) is 10.6. The van der Waals surface area contributed by atoms with E-state index in [4.69, 9.17) is 0 Å². The molecule has 2 N–H and O–H groups in total. The first-order valence-electron chi connectivity index (χ1n) is 6.34. The van der Waals surface area contributed by atoms with Crippen LogP contribution >= 0.6 is 11.8 Å². The van der Waals surface area contributed by atoms with Crippen LogP contribution in [0.4, 0.5) is 0 Å². The van der Waals surface area contributed by atoms with Crippen molar-refractivity contribution in [1.29, 1.82) is 0 Å². The van der Waals surface area contributed by atoms with Gasteiger partial charge in [-0.1, -0.05) is 11.8 Å². The van der Waals surface area contributed by atoms with Gasteiger partial charge in [0.15, 0.2) is 5.16 Å². The summed E-state index contributed by atoms with van der Waals surface area (Å²) in [6.07, 6.45) is 4.11. The highest BCUT2D eigenvalue weighted by Gasteiger charge is 2.07. The van der Waals surface area contributed by atoms with Gasteiger partial charge >= 0.3 is 0 Å². The van der Waals surface area contributed by atoms with Crippen molar-refractivity contribution < 1.29 is 4.79 Å². The highest BCUT2D eigenvalue weighted by atomic mass is 32.2. The Kier molecular flexibility index (Phi) is 5.11. The summed E-state index contributed by atoms with van der Waals surface area (Å²) in [5.74, 6) is 0.314. The number of carbonyl (C=O) groups excluding carboxylic acids is 1. The Balaban J connectivity index is 1.71. The monoisotopic (exact) mass is 291 g/mol. The smallest absolute Gasteiger partial charge is 0.230 e. The van der Waals surface area contributed by atoms with Crippen LogP contribution in [0, 0.1) is 13.8 Å². The second kappa shape index (κ2) is 7.04. The number of aromatic nitrogens is 4. The molecule has 106 valence electrons. The first-order valence-corrected chi connectivity index (χ1v) is 7.32. The molecule has 0 aliphatic heterocycles. The molecule has 2 aromatic rings. The molecule has 0 aliphatic rings. The molecule has 0 radical (unpaired) electrons. The zero-order valence-electron chi connectivity index (χ0n) is 11.5. The molecule has 0 saturated carbocycles. The average molecular weight is 291 g/mol. The summed E-state index contributed by atoms with van der Waals surface area (Å²) in [6, 6.07) is 1.75. The number of rotatable bonds is 6. The lowest BCUT2D eigenvalue weighted by Gasteiger charge is -2.05. The highest BCUT2D eigenvalue weighted by Crippen LogP contribution is 2.11. The van der Waals surface area contributed by atoms with Crippen molar-refractivity contribution >= 4 is 17.7 Å². The van der Waals surface area contributed by atoms with Gasteiger partial charge in [0.25, 0.3) is 0 Å². The maximum atomic E-state index is 11.7. The zero-order valence-corrected chi connectivity index (χ0v) is 12.3. The number of carbonyl (C=O) groups is 1. The van der Waals surface area contributed by atoms with Crippen molar-refractivity contribution in [2.24, 2.45) is 0 Å². The Morgan fingerprint density at radius 3 is 2.75 bits per heavy atom. The maximum Gasteiger partial charge on any atom is 0.230 e. The molecular weight excluding hydrogens is 274 g/mol. The van der Waals surface area contributed by atoms with E-state index in [2.05, 4.69) is 25.5 Å². The summed E-state index contributed by atoms with van der Waals surface area (Å²) < 4.78 is 0. The van der Waals surface area contributed by atoms with E-state index < -0.39 is 0 Å². The normalized spacial score (nSPS) is 10.5. The van der Waals surface area contributed by atoms with Crippen molar-refractivity contribution in [3.05, 3.63) is 35.4 Å². The molecule has 2 rings (SSSR count). The quantitative estimate of drug-likeness (QED) is 0.618. The van der Waals surface area contributed by atoms with Gasteiger partial charge in [-0.15, -0.1) is 0 Å². The number of hydrogen-bond acceptors (Lipinski definition) is 5. The van der Waals surface area contributed by atoms with Crippen LogP contribution in [0.25, 0.3) is 0 Å². The molecule has 0 aliphatic carbocycles. The largest absolute Gasteiger partial charge is 0.355 e. The third-order valence-electron chi connectivity index (χ3n) is 2.85. The third kappa shape index (κ3) is 4.06. The van der Waals surface area contributed by atoms with Crippen molar-refractivity contribution in [2.45, 2.75) is 25.4 Å². The van der Waals surface area contributed by atoms with Crippen LogP contribution in [0.15, 0.2) is 23.6 Å². The van der Waals surface area contributed by atoms with Gasteiger partial charge in [0.1, 0.15) is 0 Å². The van der Waals surface area contributed by atoms with E-state index in [1.807, 2.05) is 13.8 Å². The van der Waals surface area contributed by atoms with Crippen molar-refractivity contribution in [1.82, 2.24) is 25.5 Å². The standard InChI is InChI=1S/C13H17N5OS/c1-9-11(10(2)18-17-9)4-7-14-12(19)8-20-13-15-5-3-6-16-13/h3,5-6H,4,7-8H2,1-2H3,(H,14,19)(H,17,18). The van der Waals surface area contributed by atoms with E-state index in [-0.39, 0.29) is 5.91 Å². The van der Waals surface area contributed by atoms with Gasteiger partial charge in [0, 0.05) is 24.6 Å². The number of thioether (sulfide) groups is 1. The van der Waals surface area contributed by atoms with Gasteiger partial charge in [-0.25, -0.2) is 9.97 Å². The van der Waals surface area contributed by atoms with Crippen molar-refractivity contribution in [2.75, 3.05) is 12.3 Å². The maximum absolute atomic E-state index is 11.7. The number of nitrogens with zero attached hydrogens (tertiary/aromatic N) is 3. The number of aromatic amines is 1. The van der Waals surface area contributed by atoms with Crippen LogP contribution < -0.4 is 5.32 Å². The van der Waals surface area contributed by atoms with Crippen molar-refractivity contribution in [3.8, 4) is 0 Å². The fourth-order valence-electron chi connectivity index (χ4n) is 1.81. The molecule has 6 nitrogen and oxygen atoms in total. The lowest BCUT2D eigenvalue weighted by Crippen LogP contribution is -2.27. The second-order valence-corrected chi connectivity index (χ2v) is 5.28. The number of H-pyrrole nitrogens is 1. The lowest BCUT2D eigenvalue weighted by atomic mass is 10.1. The van der Waals surface area contributed by atoms with E-state index in [0.29, 0.717) is 17.5 Å². The Morgan fingerprint density at radius 1 is 1.35 bits per heavy atom. The number of aryl methyl sites for hydroxylation is 2. The molecule has 7 heteroatoms. The minimum Gasteiger partial charge on any atom is -0.355 e. The number of amides is 1. The molecule has 20 heavy (non-hydrogen) atoms. The molecule has 0 aromatic carbocycles. The molecule has 0 atom stereocenters. The van der Waals surface area contributed by atoms with E-state index in [0.717, 1.165) is 17.8 Å². The van der Waals surface area contributed by atoms with Crippen LogP contribution in [0.5, 0.6) is 0 Å². The first kappa shape index (κ1) is 14.5. The van der Waals surface area contributed by atoms with Crippen LogP contribution in [0.1, 0.15) is 17.0 Å². The van der Waals surface area contributed by atoms with Gasteiger partial charge in [-0.05, 0) is 31.9 Å². The Morgan fingerprint density at radius 2 is 2.10 bits per heavy atom. The molecule has 1 amide bonds. The van der Waals surface area contributed by atoms with Crippen LogP contribution in [0.2, 0.25) is 0 Å². The average Bonchev–Trinajstić information content (AvgIpc) is 2.78. The minimum atomic E-state index is -0.0127. The fraction of sp³-hybridized carbons (Fsp3) is 0.385. The predicted octanol–water partition coefficient (Wildman–Crippen LogP) is 1.27. The van der Waals surface area contributed by atoms with Gasteiger partial charge in [0.2, 0.25) is 5.91 Å². The van der Waals surface area contributed by atoms with Gasteiger partial charge < -0.3 is 5.32 Å². The van der Waals surface area contributed by atoms with E-state index in [1.165, 1.54) is 17.3 Å². The Hall–Kier alpha value is -1.89. The van der Waals surface area contributed by atoms with Gasteiger partial charge in [-0.2, -0.15) is 5.10 Å². The SMILES string of the molecule is Cc1n[nH]c(C)c1CCNC(=O)CSc1ncccn1. The summed E-state index contributed by atoms with van der Waals surface area (Å²) in [5.41, 5.74) is 3.22. The van der Waals surface area contributed by atoms with E-state index in [1.54, 1.807) is 18.5 Å². The van der Waals surface area contributed by atoms with E-state index in [9.17, 15) is 4.79 Å². The van der Waals surface area contributed by atoms with Crippen molar-refractivity contribution in [3.63, 3.8) is 0 Å². The first-order chi connectivity index (χ1) is 9.66. The van der Waals surface area contributed by atoms with Crippen LogP contribution in [0.3, 0.4) is 0 Å². The summed E-state index contributed by atoms with van der Waals surface area (Å²) in [4.78, 5) is 19.8. The van der Waals surface area contributed by atoms with Gasteiger partial charge in [0.05, 0.1) is 11.4 Å². The summed E-state index contributed by atoms with van der Waals surface area (Å²) in [6.45, 7) is 4.55. The fourth-order valence-corrected chi connectivity index (χ4v) is 2.44. The molecule has 0 spiro atoms. The van der Waals surface area contributed by atoms with Crippen LogP contribution in [-0.4, -0.2) is 38.4 Å². The summed E-state index contributed by atoms with van der Waals surface area (Å²) >= 11 is 1.33.